The predicted molar refractivity (Wildman–Crippen MR) is 211 cm³/mol. The van der Waals surface area contributed by atoms with Crippen molar-refractivity contribution in [2.75, 3.05) is 29.9 Å². The first-order valence-electron chi connectivity index (χ1n) is 19.7. The number of carbonyl (C=O) groups is 5. The maximum absolute atomic E-state index is 13.6. The van der Waals surface area contributed by atoms with E-state index in [9.17, 15) is 24.0 Å². The predicted octanol–water partition coefficient (Wildman–Crippen LogP) is 3.97. The first-order chi connectivity index (χ1) is 28.2. The SMILES string of the molecule is Cc1cccc(C(=O)NC2CC(n3cnc4c(NCc5ccc(OCC6CCN(c7cccc8c7C(=O)N(C7CCC(=O)NC7=O)C8=O)CC6)cc5)ncnc43)C2)n1. The van der Waals surface area contributed by atoms with E-state index in [0.717, 1.165) is 53.2 Å². The molecule has 1 saturated carbocycles. The van der Waals surface area contributed by atoms with Crippen molar-refractivity contribution >= 4 is 52.2 Å². The van der Waals surface area contributed by atoms with Crippen LogP contribution in [0.5, 0.6) is 5.75 Å². The van der Waals surface area contributed by atoms with Crippen LogP contribution >= 0.6 is 0 Å². The number of piperidine rings is 2. The van der Waals surface area contributed by atoms with Gasteiger partial charge in [-0.1, -0.05) is 24.3 Å². The summed E-state index contributed by atoms with van der Waals surface area (Å²) in [5, 5.41) is 8.74. The number of pyridine rings is 1. The lowest BCUT2D eigenvalue weighted by molar-refractivity contribution is -0.136. The molecule has 1 atom stereocenters. The lowest BCUT2D eigenvalue weighted by atomic mass is 9.86. The zero-order chi connectivity index (χ0) is 39.9. The molecule has 3 N–H and O–H groups in total. The van der Waals surface area contributed by atoms with E-state index in [2.05, 4.69) is 45.4 Å². The number of aromatic nitrogens is 5. The number of fused-ring (bicyclic) bond motifs is 2. The molecule has 5 aromatic rings. The number of amides is 5. The van der Waals surface area contributed by atoms with Crippen LogP contribution in [0, 0.1) is 12.8 Å². The summed E-state index contributed by atoms with van der Waals surface area (Å²) in [6.45, 7) is 4.33. The van der Waals surface area contributed by atoms with Gasteiger partial charge in [-0.2, -0.15) is 0 Å². The molecule has 16 nitrogen and oxygen atoms in total. The molecule has 3 fully saturated rings. The van der Waals surface area contributed by atoms with Gasteiger partial charge in [-0.15, -0.1) is 0 Å². The summed E-state index contributed by atoms with van der Waals surface area (Å²) >= 11 is 0. The molecule has 9 rings (SSSR count). The second-order valence-electron chi connectivity index (χ2n) is 15.4. The number of anilines is 2. The van der Waals surface area contributed by atoms with E-state index in [4.69, 9.17) is 4.74 Å². The van der Waals surface area contributed by atoms with Crippen LogP contribution in [0.15, 0.2) is 73.3 Å². The van der Waals surface area contributed by atoms with E-state index in [-0.39, 0.29) is 36.4 Å². The van der Waals surface area contributed by atoms with Gasteiger partial charge in [0.1, 0.15) is 29.3 Å². The number of imidazole rings is 1. The smallest absolute Gasteiger partial charge is 0.270 e. The Morgan fingerprint density at radius 3 is 2.48 bits per heavy atom. The second-order valence-corrected chi connectivity index (χ2v) is 15.4. The number of hydrogen-bond donors (Lipinski definition) is 3. The van der Waals surface area contributed by atoms with Crippen molar-refractivity contribution in [1.82, 2.24) is 40.0 Å². The number of aryl methyl sites for hydroxylation is 1. The summed E-state index contributed by atoms with van der Waals surface area (Å²) in [5.41, 5.74) is 5.02. The van der Waals surface area contributed by atoms with Crippen molar-refractivity contribution in [3.8, 4) is 5.75 Å². The molecule has 58 heavy (non-hydrogen) atoms. The third-order valence-corrected chi connectivity index (χ3v) is 11.6. The van der Waals surface area contributed by atoms with Crippen molar-refractivity contribution < 1.29 is 28.7 Å². The quantitative estimate of drug-likeness (QED) is 0.164. The van der Waals surface area contributed by atoms with Gasteiger partial charge in [0.05, 0.1) is 29.7 Å². The third kappa shape index (κ3) is 7.09. The Balaban J connectivity index is 0.746. The van der Waals surface area contributed by atoms with Crippen LogP contribution in [0.3, 0.4) is 0 Å². The summed E-state index contributed by atoms with van der Waals surface area (Å²) in [4.78, 5) is 84.8. The number of benzene rings is 2. The van der Waals surface area contributed by atoms with E-state index < -0.39 is 29.7 Å². The zero-order valence-corrected chi connectivity index (χ0v) is 31.9. The molecule has 0 bridgehead atoms. The Hall–Kier alpha value is -6.71. The summed E-state index contributed by atoms with van der Waals surface area (Å²) in [5.74, 6) is -0.435. The fourth-order valence-electron chi connectivity index (χ4n) is 8.31. The van der Waals surface area contributed by atoms with Crippen molar-refractivity contribution in [2.45, 2.75) is 70.1 Å². The van der Waals surface area contributed by atoms with Crippen LogP contribution in [0.4, 0.5) is 11.5 Å². The van der Waals surface area contributed by atoms with Crippen molar-refractivity contribution in [3.05, 3.63) is 101 Å². The maximum atomic E-state index is 13.6. The Morgan fingerprint density at radius 1 is 0.914 bits per heavy atom. The summed E-state index contributed by atoms with van der Waals surface area (Å²) in [6, 6.07) is 17.9. The van der Waals surface area contributed by atoms with E-state index in [1.54, 1.807) is 24.5 Å². The molecule has 1 aliphatic carbocycles. The molecule has 6 heterocycles. The highest BCUT2D eigenvalue weighted by Crippen LogP contribution is 2.37. The van der Waals surface area contributed by atoms with Gasteiger partial charge in [-0.05, 0) is 86.9 Å². The molecule has 0 spiro atoms. The molecule has 2 saturated heterocycles. The Bertz CT molecular complexity index is 2440. The average Bonchev–Trinajstić information content (AvgIpc) is 3.76. The van der Waals surface area contributed by atoms with Gasteiger partial charge in [-0.3, -0.25) is 34.2 Å². The number of imide groups is 2. The van der Waals surface area contributed by atoms with Gasteiger partial charge in [0.15, 0.2) is 11.5 Å². The highest BCUT2D eigenvalue weighted by molar-refractivity contribution is 6.25. The van der Waals surface area contributed by atoms with Crippen LogP contribution in [-0.4, -0.2) is 90.7 Å². The molecule has 1 unspecified atom stereocenters. The monoisotopic (exact) mass is 782 g/mol. The van der Waals surface area contributed by atoms with Crippen LogP contribution in [0.2, 0.25) is 0 Å². The van der Waals surface area contributed by atoms with Gasteiger partial charge in [0, 0.05) is 43.8 Å². The largest absolute Gasteiger partial charge is 0.493 e. The normalized spacial score (nSPS) is 20.8. The third-order valence-electron chi connectivity index (χ3n) is 11.6. The highest BCUT2D eigenvalue weighted by atomic mass is 16.5. The highest BCUT2D eigenvalue weighted by Gasteiger charge is 2.46. The summed E-state index contributed by atoms with van der Waals surface area (Å²) < 4.78 is 8.25. The van der Waals surface area contributed by atoms with E-state index in [1.165, 1.54) is 6.33 Å². The van der Waals surface area contributed by atoms with Gasteiger partial charge >= 0.3 is 0 Å². The van der Waals surface area contributed by atoms with Crippen LogP contribution in [-0.2, 0) is 16.1 Å². The Morgan fingerprint density at radius 2 is 1.71 bits per heavy atom. The Labute approximate surface area is 333 Å². The van der Waals surface area contributed by atoms with E-state index >= 15 is 0 Å². The fourth-order valence-corrected chi connectivity index (χ4v) is 8.31. The molecule has 4 aliphatic rings. The minimum Gasteiger partial charge on any atom is -0.493 e. The summed E-state index contributed by atoms with van der Waals surface area (Å²) in [7, 11) is 0. The number of carbonyl (C=O) groups excluding carboxylic acids is 5. The summed E-state index contributed by atoms with van der Waals surface area (Å²) in [6.07, 6.45) is 6.77. The minimum atomic E-state index is -0.995. The number of hydrogen-bond acceptors (Lipinski definition) is 12. The number of ether oxygens (including phenoxy) is 1. The standard InChI is InChI=1S/C42H42N10O6/c1-24-4-2-6-31(47-24)39(54)48-27-18-28(19-27)51-23-46-36-37(44-22-45-38(36)51)43-20-25-8-10-29(11-9-25)58-21-26-14-16-50(17-15-26)32-7-3-5-30-35(32)42(57)52(41(30)56)33-12-13-34(53)49-40(33)55/h2-11,22-23,26-28,33H,12-21H2,1H3,(H,48,54)(H,43,44,45)(H,49,53,55). The second kappa shape index (κ2) is 15.3. The minimum absolute atomic E-state index is 0.0579. The van der Waals surface area contributed by atoms with Gasteiger partial charge in [0.2, 0.25) is 11.8 Å². The lowest BCUT2D eigenvalue weighted by Gasteiger charge is -2.36. The molecule has 3 aliphatic heterocycles. The topological polar surface area (TPSA) is 194 Å². The number of nitrogens with zero attached hydrogens (tertiary/aromatic N) is 7. The maximum Gasteiger partial charge on any atom is 0.270 e. The molecular formula is C42H42N10O6. The van der Waals surface area contributed by atoms with Gasteiger partial charge in [0.25, 0.3) is 17.7 Å². The fraction of sp³-hybridized carbons (Fsp3) is 0.357. The Kier molecular flexibility index (Phi) is 9.75. The first-order valence-corrected chi connectivity index (χ1v) is 19.7. The van der Waals surface area contributed by atoms with E-state index in [0.29, 0.717) is 60.4 Å². The zero-order valence-electron chi connectivity index (χ0n) is 31.9. The molecule has 296 valence electrons. The molecule has 0 radical (unpaired) electrons. The van der Waals surface area contributed by atoms with Crippen LogP contribution in [0.1, 0.15) is 87.0 Å². The average molecular weight is 783 g/mol. The first kappa shape index (κ1) is 36.9. The molecule has 5 amide bonds. The molecular weight excluding hydrogens is 741 g/mol. The molecule has 2 aromatic carbocycles. The molecule has 16 heteroatoms. The van der Waals surface area contributed by atoms with Crippen molar-refractivity contribution in [3.63, 3.8) is 0 Å². The van der Waals surface area contributed by atoms with Crippen molar-refractivity contribution in [1.29, 1.82) is 0 Å². The number of rotatable bonds is 11. The molecule has 3 aromatic heterocycles. The van der Waals surface area contributed by atoms with Crippen LogP contribution in [0.25, 0.3) is 11.2 Å². The van der Waals surface area contributed by atoms with Crippen LogP contribution < -0.4 is 25.6 Å². The van der Waals surface area contributed by atoms with E-state index in [1.807, 2.05) is 49.4 Å². The van der Waals surface area contributed by atoms with Gasteiger partial charge < -0.3 is 24.8 Å². The lowest BCUT2D eigenvalue weighted by Crippen LogP contribution is -2.54. The van der Waals surface area contributed by atoms with Gasteiger partial charge in [-0.25, -0.2) is 19.9 Å². The number of nitrogens with one attached hydrogen (secondary N) is 3. The van der Waals surface area contributed by atoms with Crippen molar-refractivity contribution in [2.24, 2.45) is 5.92 Å².